The van der Waals surface area contributed by atoms with Gasteiger partial charge in [0.25, 0.3) is 0 Å². The van der Waals surface area contributed by atoms with E-state index < -0.39 is 5.60 Å². The van der Waals surface area contributed by atoms with Gasteiger partial charge in [-0.2, -0.15) is 0 Å². The number of pyridine rings is 1. The molecule has 2 heterocycles. The predicted molar refractivity (Wildman–Crippen MR) is 89.2 cm³/mol. The Morgan fingerprint density at radius 3 is 2.91 bits per heavy atom. The van der Waals surface area contributed by atoms with Crippen molar-refractivity contribution in [3.05, 3.63) is 30.3 Å². The minimum atomic E-state index is -0.595. The maximum Gasteiger partial charge on any atom is 0.188 e. The quantitative estimate of drug-likeness (QED) is 0.903. The number of nitrogens with zero attached hydrogens (tertiary/aromatic N) is 2. The molecule has 3 rings (SSSR count). The summed E-state index contributed by atoms with van der Waals surface area (Å²) < 4.78 is 11.5. The Morgan fingerprint density at radius 2 is 2.26 bits per heavy atom. The molecule has 23 heavy (non-hydrogen) atoms. The van der Waals surface area contributed by atoms with E-state index in [-0.39, 0.29) is 6.04 Å². The third kappa shape index (κ3) is 3.44. The molecule has 5 heteroatoms. The standard InChI is InChI=1S/C18H26N2O3/c1-12(2)5-6-22-16-7-14-11-23-13(3)20(17(14)19-10-16)15-8-18(4,21)9-15/h7,10,12,15,21H,3,5-6,8-9,11H2,1-2,4H3. The molecule has 0 radical (unpaired) electrons. The Labute approximate surface area is 137 Å². The van der Waals surface area contributed by atoms with E-state index in [2.05, 4.69) is 25.4 Å². The summed E-state index contributed by atoms with van der Waals surface area (Å²) >= 11 is 0. The predicted octanol–water partition coefficient (Wildman–Crippen LogP) is 3.23. The maximum atomic E-state index is 10.00. The van der Waals surface area contributed by atoms with Gasteiger partial charge in [0.05, 0.1) is 18.4 Å². The smallest absolute Gasteiger partial charge is 0.188 e. The zero-order chi connectivity index (χ0) is 16.6. The molecule has 0 bridgehead atoms. The van der Waals surface area contributed by atoms with Gasteiger partial charge < -0.3 is 14.6 Å². The fourth-order valence-electron chi connectivity index (χ4n) is 3.16. The highest BCUT2D eigenvalue weighted by atomic mass is 16.5. The molecule has 2 aliphatic rings. The Kier molecular flexibility index (Phi) is 4.23. The van der Waals surface area contributed by atoms with Crippen molar-refractivity contribution in [2.75, 3.05) is 11.5 Å². The maximum absolute atomic E-state index is 10.00. The molecule has 1 saturated carbocycles. The van der Waals surface area contributed by atoms with Crippen LogP contribution in [-0.4, -0.2) is 28.3 Å². The third-order valence-electron chi connectivity index (χ3n) is 4.49. The highest BCUT2D eigenvalue weighted by Gasteiger charge is 2.44. The Bertz CT molecular complexity index is 590. The monoisotopic (exact) mass is 318 g/mol. The van der Waals surface area contributed by atoms with Crippen LogP contribution >= 0.6 is 0 Å². The fraction of sp³-hybridized carbons (Fsp3) is 0.611. The van der Waals surface area contributed by atoms with Crippen molar-refractivity contribution in [2.24, 2.45) is 5.92 Å². The van der Waals surface area contributed by atoms with Crippen LogP contribution in [0.5, 0.6) is 5.75 Å². The molecule has 1 aromatic rings. The average molecular weight is 318 g/mol. The molecule has 126 valence electrons. The number of rotatable bonds is 5. The molecule has 0 unspecified atom stereocenters. The van der Waals surface area contributed by atoms with Gasteiger partial charge in [-0.15, -0.1) is 0 Å². The van der Waals surface area contributed by atoms with Crippen LogP contribution in [0.15, 0.2) is 24.7 Å². The number of hydrogen-bond acceptors (Lipinski definition) is 5. The SMILES string of the molecule is C=C1OCc2cc(OCCC(C)C)cnc2N1C1CC(C)(O)C1. The second-order valence-electron chi connectivity index (χ2n) is 7.30. The summed E-state index contributed by atoms with van der Waals surface area (Å²) in [5.41, 5.74) is 0.411. The van der Waals surface area contributed by atoms with Crippen LogP contribution in [-0.2, 0) is 11.3 Å². The zero-order valence-corrected chi connectivity index (χ0v) is 14.2. The molecule has 5 nitrogen and oxygen atoms in total. The molecule has 0 amide bonds. The van der Waals surface area contributed by atoms with E-state index in [1.54, 1.807) is 6.20 Å². The summed E-state index contributed by atoms with van der Waals surface area (Å²) in [5.74, 6) is 2.88. The van der Waals surface area contributed by atoms with Gasteiger partial charge in [-0.3, -0.25) is 4.90 Å². The van der Waals surface area contributed by atoms with Gasteiger partial charge in [0.1, 0.15) is 18.2 Å². The third-order valence-corrected chi connectivity index (χ3v) is 4.49. The number of aromatic nitrogens is 1. The topological polar surface area (TPSA) is 54.8 Å². The first-order chi connectivity index (χ1) is 10.9. The molecule has 0 aromatic carbocycles. The highest BCUT2D eigenvalue weighted by Crippen LogP contribution is 2.42. The molecule has 0 spiro atoms. The van der Waals surface area contributed by atoms with Crippen LogP contribution in [0.3, 0.4) is 0 Å². The lowest BCUT2D eigenvalue weighted by Gasteiger charge is -2.48. The zero-order valence-electron chi connectivity index (χ0n) is 14.2. The van der Waals surface area contributed by atoms with E-state index in [0.29, 0.717) is 37.9 Å². The summed E-state index contributed by atoms with van der Waals surface area (Å²) in [6, 6.07) is 2.19. The minimum absolute atomic E-state index is 0.191. The summed E-state index contributed by atoms with van der Waals surface area (Å²) in [5, 5.41) is 10.00. The lowest BCUT2D eigenvalue weighted by atomic mass is 9.76. The van der Waals surface area contributed by atoms with E-state index in [0.717, 1.165) is 23.6 Å². The molecule has 1 fully saturated rings. The van der Waals surface area contributed by atoms with E-state index in [9.17, 15) is 5.11 Å². The van der Waals surface area contributed by atoms with Gasteiger partial charge >= 0.3 is 0 Å². The first-order valence-electron chi connectivity index (χ1n) is 8.31. The second kappa shape index (κ2) is 6.04. The number of fused-ring (bicyclic) bond motifs is 1. The molecular weight excluding hydrogens is 292 g/mol. The summed E-state index contributed by atoms with van der Waals surface area (Å²) in [6.45, 7) is 11.4. The number of hydrogen-bond donors (Lipinski definition) is 1. The summed E-state index contributed by atoms with van der Waals surface area (Å²) in [4.78, 5) is 6.59. The van der Waals surface area contributed by atoms with Crippen LogP contribution in [0.4, 0.5) is 5.82 Å². The van der Waals surface area contributed by atoms with Crippen molar-refractivity contribution in [1.82, 2.24) is 4.98 Å². The Hall–Kier alpha value is -1.75. The Balaban J connectivity index is 1.73. The fourth-order valence-corrected chi connectivity index (χ4v) is 3.16. The van der Waals surface area contributed by atoms with Crippen LogP contribution in [0.1, 0.15) is 45.6 Å². The molecule has 0 atom stereocenters. The minimum Gasteiger partial charge on any atom is -0.492 e. The molecular formula is C18H26N2O3. The van der Waals surface area contributed by atoms with E-state index in [4.69, 9.17) is 9.47 Å². The first kappa shape index (κ1) is 16.1. The van der Waals surface area contributed by atoms with E-state index in [1.165, 1.54) is 0 Å². The summed E-state index contributed by atoms with van der Waals surface area (Å²) in [7, 11) is 0. The number of ether oxygens (including phenoxy) is 2. The molecule has 1 aromatic heterocycles. The van der Waals surface area contributed by atoms with E-state index >= 15 is 0 Å². The van der Waals surface area contributed by atoms with Crippen LogP contribution in [0, 0.1) is 5.92 Å². The van der Waals surface area contributed by atoms with Crippen molar-refractivity contribution in [3.63, 3.8) is 0 Å². The molecule has 1 aliphatic carbocycles. The number of aliphatic hydroxyl groups is 1. The van der Waals surface area contributed by atoms with Crippen molar-refractivity contribution in [1.29, 1.82) is 0 Å². The average Bonchev–Trinajstić information content (AvgIpc) is 2.44. The van der Waals surface area contributed by atoms with Gasteiger partial charge in [0, 0.05) is 11.6 Å². The van der Waals surface area contributed by atoms with Crippen LogP contribution in [0.25, 0.3) is 0 Å². The van der Waals surface area contributed by atoms with Crippen molar-refractivity contribution >= 4 is 5.82 Å². The van der Waals surface area contributed by atoms with Crippen molar-refractivity contribution in [3.8, 4) is 5.75 Å². The van der Waals surface area contributed by atoms with Gasteiger partial charge in [0.15, 0.2) is 5.88 Å². The van der Waals surface area contributed by atoms with Gasteiger partial charge in [-0.1, -0.05) is 13.8 Å². The van der Waals surface area contributed by atoms with Crippen molar-refractivity contribution < 1.29 is 14.6 Å². The lowest BCUT2D eigenvalue weighted by molar-refractivity contribution is -0.0337. The number of anilines is 1. The van der Waals surface area contributed by atoms with Crippen LogP contribution in [0.2, 0.25) is 0 Å². The molecule has 1 aliphatic heterocycles. The Morgan fingerprint density at radius 1 is 1.52 bits per heavy atom. The van der Waals surface area contributed by atoms with Gasteiger partial charge in [-0.05, 0) is 44.7 Å². The van der Waals surface area contributed by atoms with Crippen LogP contribution < -0.4 is 9.64 Å². The van der Waals surface area contributed by atoms with Crippen molar-refractivity contribution in [2.45, 2.75) is 58.3 Å². The highest BCUT2D eigenvalue weighted by molar-refractivity contribution is 5.56. The lowest BCUT2D eigenvalue weighted by Crippen LogP contribution is -2.54. The molecule has 1 N–H and O–H groups in total. The normalized spacial score (nSPS) is 26.6. The summed E-state index contributed by atoms with van der Waals surface area (Å²) in [6.07, 6.45) is 4.18. The molecule has 0 saturated heterocycles. The largest absolute Gasteiger partial charge is 0.492 e. The van der Waals surface area contributed by atoms with Gasteiger partial charge in [-0.25, -0.2) is 4.98 Å². The first-order valence-corrected chi connectivity index (χ1v) is 8.31. The second-order valence-corrected chi connectivity index (χ2v) is 7.30. The van der Waals surface area contributed by atoms with E-state index in [1.807, 2.05) is 17.9 Å². The van der Waals surface area contributed by atoms with Gasteiger partial charge in [0.2, 0.25) is 0 Å².